The number of thiophene rings is 1. The first-order chi connectivity index (χ1) is 11.8. The monoisotopic (exact) mass is 362 g/mol. The van der Waals surface area contributed by atoms with Crippen molar-refractivity contribution in [2.24, 2.45) is 5.41 Å². The summed E-state index contributed by atoms with van der Waals surface area (Å²) in [6, 6.07) is 9.41. The zero-order chi connectivity index (χ0) is 18.4. The maximum atomic E-state index is 12.4. The summed E-state index contributed by atoms with van der Waals surface area (Å²) in [5, 5.41) is 8.02. The summed E-state index contributed by atoms with van der Waals surface area (Å²) >= 11 is 1.65. The number of ether oxygens (including phenoxy) is 2. The minimum absolute atomic E-state index is 0.0436. The van der Waals surface area contributed by atoms with Crippen LogP contribution in [0, 0.1) is 5.41 Å². The molecule has 1 atom stereocenters. The van der Waals surface area contributed by atoms with E-state index in [0.717, 1.165) is 10.4 Å². The van der Waals surface area contributed by atoms with Gasteiger partial charge < -0.3 is 20.1 Å². The van der Waals surface area contributed by atoms with Crippen molar-refractivity contribution < 1.29 is 14.3 Å². The van der Waals surface area contributed by atoms with E-state index in [4.69, 9.17) is 9.47 Å². The van der Waals surface area contributed by atoms with Gasteiger partial charge in [0.15, 0.2) is 11.5 Å². The SMILES string of the molecule is COc1ccc(CNC(=O)NC(c2cccs2)C(C)(C)C)cc1OC. The maximum Gasteiger partial charge on any atom is 0.315 e. The van der Waals surface area contributed by atoms with Crippen LogP contribution in [-0.4, -0.2) is 20.3 Å². The van der Waals surface area contributed by atoms with Crippen molar-refractivity contribution in [1.29, 1.82) is 0 Å². The number of methoxy groups -OCH3 is 2. The van der Waals surface area contributed by atoms with E-state index in [2.05, 4.69) is 37.5 Å². The molecule has 0 bridgehead atoms. The normalized spacial score (nSPS) is 12.4. The van der Waals surface area contributed by atoms with Gasteiger partial charge in [-0.15, -0.1) is 11.3 Å². The number of carbonyl (C=O) groups is 1. The van der Waals surface area contributed by atoms with Gasteiger partial charge in [-0.2, -0.15) is 0 Å². The smallest absolute Gasteiger partial charge is 0.315 e. The van der Waals surface area contributed by atoms with Crippen LogP contribution in [0.3, 0.4) is 0 Å². The van der Waals surface area contributed by atoms with Gasteiger partial charge in [-0.1, -0.05) is 32.9 Å². The molecule has 5 nitrogen and oxygen atoms in total. The predicted molar refractivity (Wildman–Crippen MR) is 101 cm³/mol. The van der Waals surface area contributed by atoms with E-state index in [0.29, 0.717) is 18.0 Å². The van der Waals surface area contributed by atoms with Crippen molar-refractivity contribution in [2.45, 2.75) is 33.4 Å². The van der Waals surface area contributed by atoms with Gasteiger partial charge >= 0.3 is 6.03 Å². The molecule has 0 spiro atoms. The van der Waals surface area contributed by atoms with Crippen LogP contribution in [0.2, 0.25) is 0 Å². The fourth-order valence-corrected chi connectivity index (χ4v) is 3.54. The Morgan fingerprint density at radius 3 is 2.44 bits per heavy atom. The van der Waals surface area contributed by atoms with Crippen molar-refractivity contribution >= 4 is 17.4 Å². The number of urea groups is 1. The molecule has 0 saturated carbocycles. The zero-order valence-corrected chi connectivity index (χ0v) is 16.2. The molecule has 2 aromatic rings. The van der Waals surface area contributed by atoms with Crippen LogP contribution in [-0.2, 0) is 6.54 Å². The van der Waals surface area contributed by atoms with E-state index in [1.807, 2.05) is 29.6 Å². The third-order valence-corrected chi connectivity index (χ3v) is 4.81. The average molecular weight is 362 g/mol. The van der Waals surface area contributed by atoms with Gasteiger partial charge in [0.25, 0.3) is 0 Å². The Morgan fingerprint density at radius 2 is 1.88 bits per heavy atom. The van der Waals surface area contributed by atoms with E-state index >= 15 is 0 Å². The third kappa shape index (κ3) is 5.13. The number of benzene rings is 1. The summed E-state index contributed by atoms with van der Waals surface area (Å²) in [6.45, 7) is 6.76. The summed E-state index contributed by atoms with van der Waals surface area (Å²) in [4.78, 5) is 13.5. The Balaban J connectivity index is 2.00. The summed E-state index contributed by atoms with van der Waals surface area (Å²) in [5.41, 5.74) is 0.863. The first kappa shape index (κ1) is 19.1. The van der Waals surface area contributed by atoms with Crippen molar-refractivity contribution in [2.75, 3.05) is 14.2 Å². The number of amides is 2. The van der Waals surface area contributed by atoms with Crippen LogP contribution in [0.25, 0.3) is 0 Å². The highest BCUT2D eigenvalue weighted by molar-refractivity contribution is 7.10. The largest absolute Gasteiger partial charge is 0.493 e. The molecule has 2 rings (SSSR count). The molecule has 25 heavy (non-hydrogen) atoms. The third-order valence-electron chi connectivity index (χ3n) is 3.87. The molecule has 1 unspecified atom stereocenters. The molecule has 0 radical (unpaired) electrons. The quantitative estimate of drug-likeness (QED) is 0.803. The molecule has 6 heteroatoms. The van der Waals surface area contributed by atoms with Crippen molar-refractivity contribution in [3.63, 3.8) is 0 Å². The number of rotatable bonds is 6. The fourth-order valence-electron chi connectivity index (χ4n) is 2.52. The Bertz CT molecular complexity index is 693. The topological polar surface area (TPSA) is 59.6 Å². The molecule has 0 fully saturated rings. The molecule has 0 aliphatic heterocycles. The number of carbonyl (C=O) groups excluding carboxylic acids is 1. The maximum absolute atomic E-state index is 12.4. The van der Waals surface area contributed by atoms with Crippen molar-refractivity contribution in [3.05, 3.63) is 46.2 Å². The first-order valence-corrected chi connectivity index (χ1v) is 9.01. The molecule has 1 aromatic carbocycles. The molecule has 2 N–H and O–H groups in total. The molecule has 136 valence electrons. The minimum Gasteiger partial charge on any atom is -0.493 e. The molecule has 0 aliphatic rings. The van der Waals surface area contributed by atoms with E-state index in [-0.39, 0.29) is 17.5 Å². The summed E-state index contributed by atoms with van der Waals surface area (Å²) < 4.78 is 10.5. The summed E-state index contributed by atoms with van der Waals surface area (Å²) in [5.74, 6) is 1.31. The molecule has 2 amide bonds. The second kappa shape index (κ2) is 8.25. The van der Waals surface area contributed by atoms with Crippen LogP contribution in [0.15, 0.2) is 35.7 Å². The standard InChI is InChI=1S/C19H26N2O3S/c1-19(2,3)17(16-7-6-10-25-16)21-18(22)20-12-13-8-9-14(23-4)15(11-13)24-5/h6-11,17H,12H2,1-5H3,(H2,20,21,22). The number of hydrogen-bond acceptors (Lipinski definition) is 4. The van der Waals surface area contributed by atoms with Crippen LogP contribution < -0.4 is 20.1 Å². The van der Waals surface area contributed by atoms with Crippen molar-refractivity contribution in [3.8, 4) is 11.5 Å². The highest BCUT2D eigenvalue weighted by Gasteiger charge is 2.28. The predicted octanol–water partition coefficient (Wildman–Crippen LogP) is 4.35. The van der Waals surface area contributed by atoms with Crippen LogP contribution in [0.1, 0.15) is 37.3 Å². The van der Waals surface area contributed by atoms with Crippen LogP contribution in [0.5, 0.6) is 11.5 Å². The molecular formula is C19H26N2O3S. The van der Waals surface area contributed by atoms with E-state index in [9.17, 15) is 4.79 Å². The molecular weight excluding hydrogens is 336 g/mol. The summed E-state index contributed by atoms with van der Waals surface area (Å²) in [7, 11) is 3.19. The van der Waals surface area contributed by atoms with Gasteiger partial charge in [-0.3, -0.25) is 0 Å². The number of nitrogens with one attached hydrogen (secondary N) is 2. The Labute approximate surface area is 153 Å². The molecule has 0 saturated heterocycles. The highest BCUT2D eigenvalue weighted by Crippen LogP contribution is 2.35. The molecule has 1 aromatic heterocycles. The lowest BCUT2D eigenvalue weighted by atomic mass is 9.86. The van der Waals surface area contributed by atoms with Gasteiger partial charge in [0.2, 0.25) is 0 Å². The average Bonchev–Trinajstić information content (AvgIpc) is 3.10. The number of hydrogen-bond donors (Lipinski definition) is 2. The van der Waals surface area contributed by atoms with Crippen LogP contribution in [0.4, 0.5) is 4.79 Å². The minimum atomic E-state index is -0.192. The Kier molecular flexibility index (Phi) is 6.31. The lowest BCUT2D eigenvalue weighted by Crippen LogP contribution is -2.42. The molecule has 0 aliphatic carbocycles. The second-order valence-corrected chi connectivity index (χ2v) is 7.81. The van der Waals surface area contributed by atoms with Gasteiger partial charge in [0.05, 0.1) is 20.3 Å². The lowest BCUT2D eigenvalue weighted by molar-refractivity contribution is 0.219. The van der Waals surface area contributed by atoms with E-state index in [1.165, 1.54) is 0 Å². The zero-order valence-electron chi connectivity index (χ0n) is 15.4. The highest BCUT2D eigenvalue weighted by atomic mass is 32.1. The van der Waals surface area contributed by atoms with Crippen molar-refractivity contribution in [1.82, 2.24) is 10.6 Å². The second-order valence-electron chi connectivity index (χ2n) is 6.83. The first-order valence-electron chi connectivity index (χ1n) is 8.14. The van der Waals surface area contributed by atoms with Gasteiger partial charge in [-0.05, 0) is 34.6 Å². The van der Waals surface area contributed by atoms with Gasteiger partial charge in [0.1, 0.15) is 0 Å². The van der Waals surface area contributed by atoms with Crippen LogP contribution >= 0.6 is 11.3 Å². The van der Waals surface area contributed by atoms with E-state index in [1.54, 1.807) is 25.6 Å². The molecule has 1 heterocycles. The fraction of sp³-hybridized carbons (Fsp3) is 0.421. The van der Waals surface area contributed by atoms with Gasteiger partial charge in [-0.25, -0.2) is 4.79 Å². The summed E-state index contributed by atoms with van der Waals surface area (Å²) in [6.07, 6.45) is 0. The Morgan fingerprint density at radius 1 is 1.16 bits per heavy atom. The lowest BCUT2D eigenvalue weighted by Gasteiger charge is -2.30. The van der Waals surface area contributed by atoms with E-state index < -0.39 is 0 Å². The van der Waals surface area contributed by atoms with Gasteiger partial charge in [0, 0.05) is 11.4 Å². The Hall–Kier alpha value is -2.21.